The summed E-state index contributed by atoms with van der Waals surface area (Å²) in [6.45, 7) is 4.76. The predicted octanol–water partition coefficient (Wildman–Crippen LogP) is 5.88. The number of benzene rings is 3. The van der Waals surface area contributed by atoms with Gasteiger partial charge in [-0.15, -0.1) is 0 Å². The molecule has 0 fully saturated rings. The van der Waals surface area contributed by atoms with Crippen LogP contribution in [0.25, 0.3) is 5.57 Å². The minimum atomic E-state index is -0.120. The molecule has 0 unspecified atom stereocenters. The molecule has 2 nitrogen and oxygen atoms in total. The normalized spacial score (nSPS) is 19.8. The molecule has 0 spiro atoms. The van der Waals surface area contributed by atoms with E-state index < -0.39 is 0 Å². The van der Waals surface area contributed by atoms with Crippen LogP contribution in [0.1, 0.15) is 36.5 Å². The van der Waals surface area contributed by atoms with Crippen LogP contribution < -0.4 is 0 Å². The van der Waals surface area contributed by atoms with E-state index in [0.717, 1.165) is 11.3 Å². The van der Waals surface area contributed by atoms with E-state index in [-0.39, 0.29) is 17.7 Å². The molecule has 0 bridgehead atoms. The molecule has 0 aliphatic carbocycles. The first-order valence-electron chi connectivity index (χ1n) is 9.83. The zero-order chi connectivity index (χ0) is 19.5. The second-order valence-electron chi connectivity index (χ2n) is 7.45. The standard InChI is InChI=1S/C26H25NO/c1-19-24(22-14-8-4-9-15-22)25(23-16-10-5-11-17-23)20(2)27(26(19)28)18-21-12-6-3-7-13-21/h3-17,19,24H,18H2,1-2H3/t19-,24-/m1/s1. The predicted molar refractivity (Wildman–Crippen MR) is 114 cm³/mol. The van der Waals surface area contributed by atoms with Crippen LogP contribution >= 0.6 is 0 Å². The number of nitrogens with zero attached hydrogens (tertiary/aromatic N) is 1. The molecule has 0 saturated heterocycles. The van der Waals surface area contributed by atoms with Gasteiger partial charge in [-0.1, -0.05) is 97.9 Å². The third kappa shape index (κ3) is 3.38. The lowest BCUT2D eigenvalue weighted by Gasteiger charge is -2.40. The molecule has 140 valence electrons. The van der Waals surface area contributed by atoms with Gasteiger partial charge in [-0.25, -0.2) is 0 Å². The van der Waals surface area contributed by atoms with Crippen molar-refractivity contribution >= 4 is 11.5 Å². The van der Waals surface area contributed by atoms with Crippen molar-refractivity contribution in [2.45, 2.75) is 26.3 Å². The van der Waals surface area contributed by atoms with Crippen LogP contribution in [0, 0.1) is 5.92 Å². The summed E-state index contributed by atoms with van der Waals surface area (Å²) < 4.78 is 0. The molecule has 1 heterocycles. The Bertz CT molecular complexity index is 977. The molecule has 3 aromatic carbocycles. The fraction of sp³-hybridized carbons (Fsp3) is 0.192. The van der Waals surface area contributed by atoms with Crippen LogP contribution in [0.2, 0.25) is 0 Å². The Labute approximate surface area is 167 Å². The van der Waals surface area contributed by atoms with Gasteiger partial charge in [0.05, 0.1) is 6.54 Å². The highest BCUT2D eigenvalue weighted by molar-refractivity contribution is 5.91. The van der Waals surface area contributed by atoms with Gasteiger partial charge in [0.1, 0.15) is 0 Å². The summed E-state index contributed by atoms with van der Waals surface area (Å²) in [5.74, 6) is 0.128. The molecular weight excluding hydrogens is 342 g/mol. The van der Waals surface area contributed by atoms with E-state index in [1.165, 1.54) is 16.7 Å². The molecule has 0 N–H and O–H groups in total. The van der Waals surface area contributed by atoms with Crippen LogP contribution in [0.5, 0.6) is 0 Å². The summed E-state index contributed by atoms with van der Waals surface area (Å²) in [7, 11) is 0. The Morgan fingerprint density at radius 2 is 1.32 bits per heavy atom. The van der Waals surface area contributed by atoms with Gasteiger partial charge in [0.25, 0.3) is 0 Å². The van der Waals surface area contributed by atoms with E-state index in [1.807, 2.05) is 35.2 Å². The Morgan fingerprint density at radius 1 is 0.786 bits per heavy atom. The number of hydrogen-bond donors (Lipinski definition) is 0. The molecule has 0 aromatic heterocycles. The summed E-state index contributed by atoms with van der Waals surface area (Å²) in [5, 5.41) is 0. The van der Waals surface area contributed by atoms with Crippen molar-refractivity contribution in [1.82, 2.24) is 4.90 Å². The van der Waals surface area contributed by atoms with Crippen molar-refractivity contribution in [1.29, 1.82) is 0 Å². The fourth-order valence-corrected chi connectivity index (χ4v) is 4.26. The zero-order valence-corrected chi connectivity index (χ0v) is 16.4. The molecule has 3 aromatic rings. The highest BCUT2D eigenvalue weighted by Gasteiger charge is 2.39. The van der Waals surface area contributed by atoms with E-state index in [0.29, 0.717) is 6.54 Å². The third-order valence-electron chi connectivity index (χ3n) is 5.69. The van der Waals surface area contributed by atoms with Crippen LogP contribution in [0.3, 0.4) is 0 Å². The van der Waals surface area contributed by atoms with Crippen molar-refractivity contribution in [2.75, 3.05) is 0 Å². The molecule has 4 rings (SSSR count). The van der Waals surface area contributed by atoms with E-state index in [1.54, 1.807) is 0 Å². The Kier molecular flexibility index (Phi) is 5.12. The minimum Gasteiger partial charge on any atom is -0.311 e. The average Bonchev–Trinajstić information content (AvgIpc) is 2.75. The average molecular weight is 367 g/mol. The first-order chi connectivity index (χ1) is 13.7. The zero-order valence-electron chi connectivity index (χ0n) is 16.4. The summed E-state index contributed by atoms with van der Waals surface area (Å²) in [4.78, 5) is 15.4. The van der Waals surface area contributed by atoms with E-state index in [9.17, 15) is 4.79 Å². The topological polar surface area (TPSA) is 20.3 Å². The van der Waals surface area contributed by atoms with Crippen LogP contribution in [-0.2, 0) is 11.3 Å². The molecular formula is C26H25NO. The first-order valence-corrected chi connectivity index (χ1v) is 9.83. The third-order valence-corrected chi connectivity index (χ3v) is 5.69. The maximum atomic E-state index is 13.4. The van der Waals surface area contributed by atoms with Gasteiger partial charge >= 0.3 is 0 Å². The quantitative estimate of drug-likeness (QED) is 0.564. The van der Waals surface area contributed by atoms with E-state index >= 15 is 0 Å². The summed E-state index contributed by atoms with van der Waals surface area (Å²) in [6.07, 6.45) is 0. The second kappa shape index (κ2) is 7.85. The molecule has 1 amide bonds. The van der Waals surface area contributed by atoms with Gasteiger partial charge in [-0.2, -0.15) is 0 Å². The lowest BCUT2D eigenvalue weighted by molar-refractivity contribution is -0.134. The monoisotopic (exact) mass is 367 g/mol. The van der Waals surface area contributed by atoms with Crippen LogP contribution in [0.15, 0.2) is 96.7 Å². The smallest absolute Gasteiger partial charge is 0.230 e. The number of allylic oxidation sites excluding steroid dienone is 2. The van der Waals surface area contributed by atoms with Crippen LogP contribution in [-0.4, -0.2) is 10.8 Å². The van der Waals surface area contributed by atoms with E-state index in [4.69, 9.17) is 0 Å². The summed E-state index contributed by atoms with van der Waals surface area (Å²) in [6, 6.07) is 31.1. The second-order valence-corrected chi connectivity index (χ2v) is 7.45. The number of carbonyl (C=O) groups is 1. The largest absolute Gasteiger partial charge is 0.311 e. The van der Waals surface area contributed by atoms with Crippen molar-refractivity contribution in [3.05, 3.63) is 113 Å². The fourth-order valence-electron chi connectivity index (χ4n) is 4.26. The van der Waals surface area contributed by atoms with Gasteiger partial charge < -0.3 is 4.90 Å². The number of amides is 1. The molecule has 1 aliphatic rings. The molecule has 2 atom stereocenters. The highest BCUT2D eigenvalue weighted by Crippen LogP contribution is 2.45. The van der Waals surface area contributed by atoms with Crippen molar-refractivity contribution in [3.63, 3.8) is 0 Å². The number of carbonyl (C=O) groups excluding carboxylic acids is 1. The van der Waals surface area contributed by atoms with Gasteiger partial charge in [0, 0.05) is 17.5 Å². The van der Waals surface area contributed by atoms with Crippen LogP contribution in [0.4, 0.5) is 0 Å². The van der Waals surface area contributed by atoms with Gasteiger partial charge in [0.2, 0.25) is 5.91 Å². The van der Waals surface area contributed by atoms with Gasteiger partial charge in [0.15, 0.2) is 0 Å². The molecule has 1 aliphatic heterocycles. The number of rotatable bonds is 4. The van der Waals surface area contributed by atoms with Crippen molar-refractivity contribution in [3.8, 4) is 0 Å². The van der Waals surface area contributed by atoms with Gasteiger partial charge in [-0.3, -0.25) is 4.79 Å². The maximum absolute atomic E-state index is 13.4. The van der Waals surface area contributed by atoms with E-state index in [2.05, 4.69) is 74.5 Å². The van der Waals surface area contributed by atoms with Crippen molar-refractivity contribution < 1.29 is 4.79 Å². The first kappa shape index (κ1) is 18.2. The highest BCUT2D eigenvalue weighted by atomic mass is 16.2. The van der Waals surface area contributed by atoms with Gasteiger partial charge in [-0.05, 0) is 29.2 Å². The summed E-state index contributed by atoms with van der Waals surface area (Å²) in [5.41, 5.74) is 5.82. The SMILES string of the molecule is CC1=C(c2ccccc2)[C@@H](c2ccccc2)[C@@H](C)C(=O)N1Cc1ccccc1. The Balaban J connectivity index is 1.86. The molecule has 0 radical (unpaired) electrons. The lowest BCUT2D eigenvalue weighted by Crippen LogP contribution is -2.41. The summed E-state index contributed by atoms with van der Waals surface area (Å²) >= 11 is 0. The number of hydrogen-bond acceptors (Lipinski definition) is 1. The molecule has 2 heteroatoms. The Hall–Kier alpha value is -3.13. The minimum absolute atomic E-state index is 0.0584. The molecule has 0 saturated carbocycles. The Morgan fingerprint density at radius 3 is 1.93 bits per heavy atom. The van der Waals surface area contributed by atoms with Crippen molar-refractivity contribution in [2.24, 2.45) is 5.92 Å². The lowest BCUT2D eigenvalue weighted by atomic mass is 9.74. The molecule has 28 heavy (non-hydrogen) atoms. The maximum Gasteiger partial charge on any atom is 0.230 e.